The fourth-order valence-electron chi connectivity index (χ4n) is 2.19. The van der Waals surface area contributed by atoms with Crippen LogP contribution in [0.4, 0.5) is 0 Å². The normalized spacial score (nSPS) is 10.6. The maximum atomic E-state index is 12.2. The van der Waals surface area contributed by atoms with Crippen LogP contribution in [0.5, 0.6) is 0 Å². The zero-order chi connectivity index (χ0) is 15.4. The molecule has 2 heterocycles. The van der Waals surface area contributed by atoms with Gasteiger partial charge in [0.2, 0.25) is 0 Å². The standard InChI is InChI=1S/C16H16N4O2/c1-20-11-18-19-15(20)5-7-17-16(21)13-4-2-3-12(9-13)14-6-8-22-10-14/h2-4,6,8-11H,5,7H2,1H3,(H,17,21). The second kappa shape index (κ2) is 6.26. The quantitative estimate of drug-likeness (QED) is 0.782. The Balaban J connectivity index is 1.63. The molecule has 6 heteroatoms. The number of aromatic nitrogens is 3. The van der Waals surface area contributed by atoms with E-state index in [-0.39, 0.29) is 5.91 Å². The van der Waals surface area contributed by atoms with Crippen LogP contribution in [0.15, 0.2) is 53.6 Å². The van der Waals surface area contributed by atoms with Crippen molar-refractivity contribution in [3.8, 4) is 11.1 Å². The van der Waals surface area contributed by atoms with Crippen LogP contribution in [0.1, 0.15) is 16.2 Å². The minimum absolute atomic E-state index is 0.104. The first-order chi connectivity index (χ1) is 10.7. The fraction of sp³-hybridized carbons (Fsp3) is 0.188. The summed E-state index contributed by atoms with van der Waals surface area (Å²) in [6, 6.07) is 9.32. The summed E-state index contributed by atoms with van der Waals surface area (Å²) in [6.45, 7) is 0.515. The Morgan fingerprint density at radius 2 is 2.23 bits per heavy atom. The molecule has 22 heavy (non-hydrogen) atoms. The number of hydrogen-bond acceptors (Lipinski definition) is 4. The largest absolute Gasteiger partial charge is 0.472 e. The highest BCUT2D eigenvalue weighted by atomic mass is 16.3. The molecule has 0 saturated carbocycles. The molecule has 0 bridgehead atoms. The molecule has 3 rings (SSSR count). The molecule has 0 unspecified atom stereocenters. The summed E-state index contributed by atoms with van der Waals surface area (Å²) < 4.78 is 6.91. The fourth-order valence-corrected chi connectivity index (χ4v) is 2.19. The number of furan rings is 1. The smallest absolute Gasteiger partial charge is 0.251 e. The van der Waals surface area contributed by atoms with E-state index >= 15 is 0 Å². The van der Waals surface area contributed by atoms with Gasteiger partial charge in [-0.3, -0.25) is 4.79 Å². The Morgan fingerprint density at radius 3 is 2.95 bits per heavy atom. The van der Waals surface area contributed by atoms with Crippen LogP contribution < -0.4 is 5.32 Å². The van der Waals surface area contributed by atoms with Crippen molar-refractivity contribution in [3.05, 3.63) is 60.6 Å². The molecule has 0 saturated heterocycles. The van der Waals surface area contributed by atoms with Gasteiger partial charge in [0, 0.05) is 31.1 Å². The van der Waals surface area contributed by atoms with Crippen molar-refractivity contribution in [1.29, 1.82) is 0 Å². The summed E-state index contributed by atoms with van der Waals surface area (Å²) in [5, 5.41) is 10.7. The Labute approximate surface area is 127 Å². The van der Waals surface area contributed by atoms with Crippen molar-refractivity contribution in [2.75, 3.05) is 6.54 Å². The molecule has 0 aliphatic carbocycles. The number of hydrogen-bond donors (Lipinski definition) is 1. The van der Waals surface area contributed by atoms with Crippen molar-refractivity contribution in [3.63, 3.8) is 0 Å². The molecule has 0 radical (unpaired) electrons. The van der Waals surface area contributed by atoms with E-state index in [4.69, 9.17) is 4.42 Å². The third-order valence-corrected chi connectivity index (χ3v) is 3.42. The number of nitrogens with zero attached hydrogens (tertiary/aromatic N) is 3. The van der Waals surface area contributed by atoms with Crippen LogP contribution in [-0.2, 0) is 13.5 Å². The van der Waals surface area contributed by atoms with E-state index in [1.54, 1.807) is 24.9 Å². The van der Waals surface area contributed by atoms with Gasteiger partial charge in [0.15, 0.2) is 0 Å². The predicted octanol–water partition coefficient (Wildman–Crippen LogP) is 2.05. The van der Waals surface area contributed by atoms with E-state index in [0.29, 0.717) is 18.5 Å². The summed E-state index contributed by atoms with van der Waals surface area (Å²) >= 11 is 0. The highest BCUT2D eigenvalue weighted by Crippen LogP contribution is 2.20. The van der Waals surface area contributed by atoms with Crippen molar-refractivity contribution in [1.82, 2.24) is 20.1 Å². The predicted molar refractivity (Wildman–Crippen MR) is 81.2 cm³/mol. The highest BCUT2D eigenvalue weighted by Gasteiger charge is 2.08. The molecule has 6 nitrogen and oxygen atoms in total. The molecule has 112 valence electrons. The molecule has 0 aliphatic heterocycles. The second-order valence-corrected chi connectivity index (χ2v) is 4.96. The van der Waals surface area contributed by atoms with Crippen molar-refractivity contribution >= 4 is 5.91 Å². The van der Waals surface area contributed by atoms with Crippen LogP contribution in [0.2, 0.25) is 0 Å². The SMILES string of the molecule is Cn1cnnc1CCNC(=O)c1cccc(-c2ccoc2)c1. The van der Waals surface area contributed by atoms with E-state index in [0.717, 1.165) is 17.0 Å². The minimum atomic E-state index is -0.104. The van der Waals surface area contributed by atoms with Crippen LogP contribution in [0.3, 0.4) is 0 Å². The molecule has 1 amide bonds. The molecular weight excluding hydrogens is 280 g/mol. The van der Waals surface area contributed by atoms with E-state index in [2.05, 4.69) is 15.5 Å². The van der Waals surface area contributed by atoms with Gasteiger partial charge in [-0.25, -0.2) is 0 Å². The zero-order valence-electron chi connectivity index (χ0n) is 12.2. The number of aryl methyl sites for hydroxylation is 1. The first-order valence-corrected chi connectivity index (χ1v) is 6.98. The average Bonchev–Trinajstić information content (AvgIpc) is 3.20. The number of amides is 1. The van der Waals surface area contributed by atoms with Gasteiger partial charge in [0.05, 0.1) is 12.5 Å². The van der Waals surface area contributed by atoms with Gasteiger partial charge < -0.3 is 14.3 Å². The third-order valence-electron chi connectivity index (χ3n) is 3.42. The molecule has 0 fully saturated rings. The summed E-state index contributed by atoms with van der Waals surface area (Å²) in [5.41, 5.74) is 2.53. The lowest BCUT2D eigenvalue weighted by molar-refractivity contribution is 0.0954. The number of nitrogens with one attached hydrogen (secondary N) is 1. The molecular formula is C16H16N4O2. The van der Waals surface area contributed by atoms with Gasteiger partial charge in [0.25, 0.3) is 5.91 Å². The molecule has 0 atom stereocenters. The van der Waals surface area contributed by atoms with Crippen molar-refractivity contribution in [2.24, 2.45) is 7.05 Å². The van der Waals surface area contributed by atoms with Crippen molar-refractivity contribution < 1.29 is 9.21 Å². The maximum Gasteiger partial charge on any atom is 0.251 e. The second-order valence-electron chi connectivity index (χ2n) is 4.96. The van der Waals surface area contributed by atoms with E-state index in [9.17, 15) is 4.79 Å². The Morgan fingerprint density at radius 1 is 1.32 bits per heavy atom. The molecule has 1 aromatic carbocycles. The summed E-state index contributed by atoms with van der Waals surface area (Å²) in [4.78, 5) is 12.2. The first kappa shape index (κ1) is 14.1. The number of carbonyl (C=O) groups is 1. The summed E-state index contributed by atoms with van der Waals surface area (Å²) in [6.07, 6.45) is 5.56. The van der Waals surface area contributed by atoms with Crippen LogP contribution in [0.25, 0.3) is 11.1 Å². The first-order valence-electron chi connectivity index (χ1n) is 6.98. The van der Waals surface area contributed by atoms with Gasteiger partial charge in [0.1, 0.15) is 12.2 Å². The number of carbonyl (C=O) groups excluding carboxylic acids is 1. The van der Waals surface area contributed by atoms with E-state index in [1.165, 1.54) is 0 Å². The minimum Gasteiger partial charge on any atom is -0.472 e. The van der Waals surface area contributed by atoms with Gasteiger partial charge in [-0.2, -0.15) is 0 Å². The van der Waals surface area contributed by atoms with Crippen molar-refractivity contribution in [2.45, 2.75) is 6.42 Å². The van der Waals surface area contributed by atoms with E-state index < -0.39 is 0 Å². The topological polar surface area (TPSA) is 73.0 Å². The van der Waals surface area contributed by atoms with Gasteiger partial charge >= 0.3 is 0 Å². The molecule has 3 aromatic rings. The average molecular weight is 296 g/mol. The monoisotopic (exact) mass is 296 g/mol. The Hall–Kier alpha value is -2.89. The van der Waals surface area contributed by atoms with Crippen LogP contribution in [-0.4, -0.2) is 27.2 Å². The summed E-state index contributed by atoms with van der Waals surface area (Å²) in [7, 11) is 1.88. The summed E-state index contributed by atoms with van der Waals surface area (Å²) in [5.74, 6) is 0.736. The Kier molecular flexibility index (Phi) is 4.00. The van der Waals surface area contributed by atoms with Crippen LogP contribution >= 0.6 is 0 Å². The van der Waals surface area contributed by atoms with Gasteiger partial charge in [-0.05, 0) is 23.8 Å². The lowest BCUT2D eigenvalue weighted by Crippen LogP contribution is -2.26. The van der Waals surface area contributed by atoms with E-state index in [1.807, 2.05) is 35.9 Å². The molecule has 2 aromatic heterocycles. The Bertz CT molecular complexity index is 762. The third kappa shape index (κ3) is 3.06. The van der Waals surface area contributed by atoms with Gasteiger partial charge in [-0.1, -0.05) is 12.1 Å². The zero-order valence-corrected chi connectivity index (χ0v) is 12.2. The maximum absolute atomic E-state index is 12.2. The molecule has 0 aliphatic rings. The van der Waals surface area contributed by atoms with Gasteiger partial charge in [-0.15, -0.1) is 10.2 Å². The van der Waals surface area contributed by atoms with Crippen LogP contribution in [0, 0.1) is 0 Å². The lowest BCUT2D eigenvalue weighted by atomic mass is 10.1. The molecule has 0 spiro atoms. The number of rotatable bonds is 5. The molecule has 1 N–H and O–H groups in total. The number of benzene rings is 1. The highest BCUT2D eigenvalue weighted by molar-refractivity contribution is 5.95. The lowest BCUT2D eigenvalue weighted by Gasteiger charge is -2.06.